The summed E-state index contributed by atoms with van der Waals surface area (Å²) in [6, 6.07) is 4.04. The molecule has 3 nitrogen and oxygen atoms in total. The van der Waals surface area contributed by atoms with Crippen LogP contribution < -0.4 is 4.74 Å². The molecule has 0 unspecified atom stereocenters. The summed E-state index contributed by atoms with van der Waals surface area (Å²) >= 11 is 3.49. The van der Waals surface area contributed by atoms with Crippen molar-refractivity contribution < 1.29 is 9.53 Å². The molecule has 0 heterocycles. The number of aliphatic imine (C=N–C) groups is 1. The summed E-state index contributed by atoms with van der Waals surface area (Å²) in [7, 11) is 1.65. The third-order valence-corrected chi connectivity index (χ3v) is 4.00. The van der Waals surface area contributed by atoms with E-state index in [9.17, 15) is 4.79 Å². The zero-order valence-corrected chi connectivity index (χ0v) is 11.5. The van der Waals surface area contributed by atoms with Crippen molar-refractivity contribution in [2.75, 3.05) is 7.11 Å². The van der Waals surface area contributed by atoms with Crippen LogP contribution in [0, 0.1) is 6.92 Å². The number of isocyanates is 1. The zero-order chi connectivity index (χ0) is 12.5. The molecular formula is C13H14BrNO2. The van der Waals surface area contributed by atoms with E-state index in [0.717, 1.165) is 40.6 Å². The standard InChI is InChI=1S/C13H14BrNO2/c1-9-6-10(7-11(14)12(9)17-2)13(15-8-16)4-3-5-13/h6-7H,3-5H2,1-2H3. The predicted octanol–water partition coefficient (Wildman–Crippen LogP) is 3.48. The maximum Gasteiger partial charge on any atom is 0.235 e. The van der Waals surface area contributed by atoms with Gasteiger partial charge in [-0.25, -0.2) is 4.79 Å². The Labute approximate surface area is 109 Å². The van der Waals surface area contributed by atoms with Crippen LogP contribution in [0.25, 0.3) is 0 Å². The molecule has 90 valence electrons. The Kier molecular flexibility index (Phi) is 3.36. The van der Waals surface area contributed by atoms with E-state index in [0.29, 0.717) is 0 Å². The number of carbonyl (C=O) groups excluding carboxylic acids is 1. The molecule has 2 rings (SSSR count). The molecule has 1 aliphatic carbocycles. The molecule has 1 saturated carbocycles. The molecule has 0 atom stereocenters. The predicted molar refractivity (Wildman–Crippen MR) is 69.1 cm³/mol. The van der Waals surface area contributed by atoms with Crippen molar-refractivity contribution in [1.29, 1.82) is 0 Å². The minimum Gasteiger partial charge on any atom is -0.495 e. The van der Waals surface area contributed by atoms with Crippen LogP contribution in [0.5, 0.6) is 5.75 Å². The Balaban J connectivity index is 2.49. The van der Waals surface area contributed by atoms with Gasteiger partial charge in [-0.1, -0.05) is 0 Å². The zero-order valence-electron chi connectivity index (χ0n) is 9.92. The lowest BCUT2D eigenvalue weighted by molar-refractivity contribution is 0.255. The smallest absolute Gasteiger partial charge is 0.235 e. The van der Waals surface area contributed by atoms with E-state index in [2.05, 4.69) is 20.9 Å². The SMILES string of the molecule is COc1c(C)cc(C2(N=C=O)CCC2)cc1Br. The van der Waals surface area contributed by atoms with Gasteiger partial charge in [-0.05, 0) is 65.4 Å². The van der Waals surface area contributed by atoms with Crippen LogP contribution in [0.2, 0.25) is 0 Å². The van der Waals surface area contributed by atoms with Gasteiger partial charge in [0.15, 0.2) is 0 Å². The summed E-state index contributed by atoms with van der Waals surface area (Å²) in [5.74, 6) is 0.832. The average molecular weight is 296 g/mol. The van der Waals surface area contributed by atoms with E-state index in [-0.39, 0.29) is 5.54 Å². The fraction of sp³-hybridized carbons (Fsp3) is 0.462. The van der Waals surface area contributed by atoms with Crippen molar-refractivity contribution in [1.82, 2.24) is 0 Å². The van der Waals surface area contributed by atoms with E-state index in [1.54, 1.807) is 13.2 Å². The Bertz CT molecular complexity index is 465. The molecule has 0 aliphatic heterocycles. The highest BCUT2D eigenvalue weighted by Crippen LogP contribution is 2.46. The van der Waals surface area contributed by atoms with Gasteiger partial charge in [0, 0.05) is 0 Å². The second kappa shape index (κ2) is 4.63. The minimum atomic E-state index is -0.346. The van der Waals surface area contributed by atoms with E-state index in [1.807, 2.05) is 19.1 Å². The summed E-state index contributed by atoms with van der Waals surface area (Å²) in [6.07, 6.45) is 4.64. The summed E-state index contributed by atoms with van der Waals surface area (Å²) in [5, 5.41) is 0. The van der Waals surface area contributed by atoms with Gasteiger partial charge in [0.1, 0.15) is 5.75 Å². The lowest BCUT2D eigenvalue weighted by atomic mass is 9.72. The number of methoxy groups -OCH3 is 1. The summed E-state index contributed by atoms with van der Waals surface area (Å²) < 4.78 is 6.21. The van der Waals surface area contributed by atoms with E-state index in [4.69, 9.17) is 4.74 Å². The van der Waals surface area contributed by atoms with E-state index >= 15 is 0 Å². The molecule has 17 heavy (non-hydrogen) atoms. The molecule has 0 N–H and O–H groups in total. The van der Waals surface area contributed by atoms with Gasteiger partial charge < -0.3 is 4.74 Å². The number of halogens is 1. The van der Waals surface area contributed by atoms with Crippen molar-refractivity contribution in [3.63, 3.8) is 0 Å². The normalized spacial score (nSPS) is 16.9. The number of aryl methyl sites for hydroxylation is 1. The van der Waals surface area contributed by atoms with Crippen molar-refractivity contribution in [2.24, 2.45) is 4.99 Å². The van der Waals surface area contributed by atoms with Crippen LogP contribution in [0.15, 0.2) is 21.6 Å². The molecule has 1 aromatic rings. The lowest BCUT2D eigenvalue weighted by Gasteiger charge is -2.37. The first-order chi connectivity index (χ1) is 8.13. The number of hydrogen-bond donors (Lipinski definition) is 0. The second-order valence-electron chi connectivity index (χ2n) is 4.40. The maximum atomic E-state index is 10.6. The van der Waals surface area contributed by atoms with Gasteiger partial charge in [-0.2, -0.15) is 4.99 Å². The lowest BCUT2D eigenvalue weighted by Crippen LogP contribution is -2.32. The molecule has 1 fully saturated rings. The molecule has 0 bridgehead atoms. The van der Waals surface area contributed by atoms with Crippen LogP contribution in [0.4, 0.5) is 0 Å². The molecule has 1 aliphatic rings. The fourth-order valence-corrected chi connectivity index (χ4v) is 3.04. The number of nitrogens with zero attached hydrogens (tertiary/aromatic N) is 1. The largest absolute Gasteiger partial charge is 0.495 e. The van der Waals surface area contributed by atoms with Crippen LogP contribution in [0.1, 0.15) is 30.4 Å². The van der Waals surface area contributed by atoms with Gasteiger partial charge in [0.25, 0.3) is 0 Å². The average Bonchev–Trinajstić information content (AvgIpc) is 2.23. The number of ether oxygens (including phenoxy) is 1. The highest BCUT2D eigenvalue weighted by Gasteiger charge is 2.39. The first-order valence-corrected chi connectivity index (χ1v) is 6.36. The molecule has 0 saturated heterocycles. The van der Waals surface area contributed by atoms with Crippen molar-refractivity contribution in [3.05, 3.63) is 27.7 Å². The number of benzene rings is 1. The Hall–Kier alpha value is -1.12. The number of hydrogen-bond acceptors (Lipinski definition) is 3. The maximum absolute atomic E-state index is 10.6. The first-order valence-electron chi connectivity index (χ1n) is 5.56. The molecule has 0 spiro atoms. The molecule has 1 aromatic carbocycles. The molecule has 0 amide bonds. The fourth-order valence-electron chi connectivity index (χ4n) is 2.32. The van der Waals surface area contributed by atoms with Crippen LogP contribution in [-0.4, -0.2) is 13.2 Å². The summed E-state index contributed by atoms with van der Waals surface area (Å²) in [4.78, 5) is 14.6. The van der Waals surface area contributed by atoms with Crippen molar-refractivity contribution in [2.45, 2.75) is 31.7 Å². The number of rotatable bonds is 3. The van der Waals surface area contributed by atoms with E-state index < -0.39 is 0 Å². The molecular weight excluding hydrogens is 282 g/mol. The van der Waals surface area contributed by atoms with Gasteiger partial charge in [-0.3, -0.25) is 0 Å². The Morgan fingerprint density at radius 1 is 1.47 bits per heavy atom. The first kappa shape index (κ1) is 12.3. The van der Waals surface area contributed by atoms with Crippen LogP contribution in [-0.2, 0) is 10.3 Å². The second-order valence-corrected chi connectivity index (χ2v) is 5.25. The Morgan fingerprint density at radius 2 is 2.18 bits per heavy atom. The van der Waals surface area contributed by atoms with Crippen molar-refractivity contribution >= 4 is 22.0 Å². The van der Waals surface area contributed by atoms with Crippen LogP contribution >= 0.6 is 15.9 Å². The quantitative estimate of drug-likeness (QED) is 0.632. The van der Waals surface area contributed by atoms with Gasteiger partial charge in [-0.15, -0.1) is 0 Å². The van der Waals surface area contributed by atoms with Crippen LogP contribution in [0.3, 0.4) is 0 Å². The van der Waals surface area contributed by atoms with Gasteiger partial charge in [0.05, 0.1) is 17.1 Å². The molecule has 0 aromatic heterocycles. The summed E-state index contributed by atoms with van der Waals surface area (Å²) in [6.45, 7) is 1.99. The highest BCUT2D eigenvalue weighted by atomic mass is 79.9. The van der Waals surface area contributed by atoms with Gasteiger partial charge >= 0.3 is 0 Å². The molecule has 0 radical (unpaired) electrons. The minimum absolute atomic E-state index is 0.346. The van der Waals surface area contributed by atoms with E-state index in [1.165, 1.54) is 0 Å². The van der Waals surface area contributed by atoms with Crippen molar-refractivity contribution in [3.8, 4) is 5.75 Å². The third kappa shape index (κ3) is 2.03. The summed E-state index contributed by atoms with van der Waals surface area (Å²) in [5.41, 5.74) is 1.77. The molecule has 4 heteroatoms. The topological polar surface area (TPSA) is 38.7 Å². The third-order valence-electron chi connectivity index (χ3n) is 3.41. The Morgan fingerprint density at radius 3 is 2.59 bits per heavy atom. The van der Waals surface area contributed by atoms with Gasteiger partial charge in [0.2, 0.25) is 6.08 Å². The monoisotopic (exact) mass is 295 g/mol. The highest BCUT2D eigenvalue weighted by molar-refractivity contribution is 9.10.